The summed E-state index contributed by atoms with van der Waals surface area (Å²) in [6, 6.07) is 6.41. The SMILES string of the molecule is Cc1c(-c2ccnc(Nc3ccc(C#N)c(C(F)(F)F)c3)n2)sc(=O)n1C. The van der Waals surface area contributed by atoms with Crippen molar-refractivity contribution in [2.75, 3.05) is 5.32 Å². The first-order valence-electron chi connectivity index (χ1n) is 7.59. The van der Waals surface area contributed by atoms with E-state index in [1.54, 1.807) is 20.0 Å². The second-order valence-electron chi connectivity index (χ2n) is 5.60. The van der Waals surface area contributed by atoms with E-state index in [1.807, 2.05) is 0 Å². The molecule has 138 valence electrons. The largest absolute Gasteiger partial charge is 0.417 e. The van der Waals surface area contributed by atoms with Crippen LogP contribution in [0.3, 0.4) is 0 Å². The topological polar surface area (TPSA) is 83.6 Å². The van der Waals surface area contributed by atoms with E-state index in [9.17, 15) is 18.0 Å². The van der Waals surface area contributed by atoms with E-state index in [0.717, 1.165) is 29.2 Å². The number of thiazole rings is 1. The van der Waals surface area contributed by atoms with E-state index in [1.165, 1.54) is 22.9 Å². The second-order valence-corrected chi connectivity index (χ2v) is 6.56. The third-order valence-electron chi connectivity index (χ3n) is 3.88. The van der Waals surface area contributed by atoms with Crippen LogP contribution in [0.2, 0.25) is 0 Å². The van der Waals surface area contributed by atoms with Crippen molar-refractivity contribution in [3.8, 4) is 16.6 Å². The van der Waals surface area contributed by atoms with Gasteiger partial charge in [-0.3, -0.25) is 4.79 Å². The van der Waals surface area contributed by atoms with Crippen LogP contribution in [0.1, 0.15) is 16.8 Å². The third-order valence-corrected chi connectivity index (χ3v) is 5.04. The minimum absolute atomic E-state index is 0.0771. The fourth-order valence-electron chi connectivity index (χ4n) is 2.39. The lowest BCUT2D eigenvalue weighted by molar-refractivity contribution is -0.137. The molecule has 0 aliphatic rings. The Hall–Kier alpha value is -3.19. The Bertz CT molecular complexity index is 1110. The average Bonchev–Trinajstić information content (AvgIpc) is 2.88. The van der Waals surface area contributed by atoms with E-state index in [2.05, 4.69) is 15.3 Å². The van der Waals surface area contributed by atoms with Gasteiger partial charge in [0.15, 0.2) is 0 Å². The van der Waals surface area contributed by atoms with Crippen LogP contribution in [-0.2, 0) is 13.2 Å². The Morgan fingerprint density at radius 2 is 2.04 bits per heavy atom. The number of anilines is 2. The second kappa shape index (κ2) is 6.85. The van der Waals surface area contributed by atoms with Gasteiger partial charge in [-0.05, 0) is 31.2 Å². The van der Waals surface area contributed by atoms with Crippen molar-refractivity contribution in [3.05, 3.63) is 57.0 Å². The van der Waals surface area contributed by atoms with Crippen LogP contribution in [0, 0.1) is 18.3 Å². The van der Waals surface area contributed by atoms with Gasteiger partial charge >= 0.3 is 11.0 Å². The van der Waals surface area contributed by atoms with Gasteiger partial charge in [-0.15, -0.1) is 0 Å². The molecule has 0 fully saturated rings. The summed E-state index contributed by atoms with van der Waals surface area (Å²) in [6.07, 6.45) is -3.21. The van der Waals surface area contributed by atoms with Gasteiger partial charge in [0.2, 0.25) is 5.95 Å². The summed E-state index contributed by atoms with van der Waals surface area (Å²) in [6.45, 7) is 1.78. The normalized spacial score (nSPS) is 11.3. The predicted molar refractivity (Wildman–Crippen MR) is 94.8 cm³/mol. The van der Waals surface area contributed by atoms with E-state index in [0.29, 0.717) is 10.6 Å². The number of nitrogens with zero attached hydrogens (tertiary/aromatic N) is 4. The molecule has 0 atom stereocenters. The monoisotopic (exact) mass is 391 g/mol. The number of rotatable bonds is 3. The molecule has 0 radical (unpaired) electrons. The van der Waals surface area contributed by atoms with Gasteiger partial charge in [-0.1, -0.05) is 11.3 Å². The zero-order valence-corrected chi connectivity index (χ0v) is 14.9. The van der Waals surface area contributed by atoms with Crippen LogP contribution in [0.15, 0.2) is 35.3 Å². The number of alkyl halides is 3. The number of halogens is 3. The van der Waals surface area contributed by atoms with E-state index in [-0.39, 0.29) is 16.5 Å². The highest BCUT2D eigenvalue weighted by Gasteiger charge is 2.33. The fourth-order valence-corrected chi connectivity index (χ4v) is 3.34. The third kappa shape index (κ3) is 3.68. The van der Waals surface area contributed by atoms with Crippen molar-refractivity contribution >= 4 is 23.0 Å². The molecule has 0 bridgehead atoms. The predicted octanol–water partition coefficient (Wildman–Crippen LogP) is 3.85. The number of nitriles is 1. The van der Waals surface area contributed by atoms with Crippen molar-refractivity contribution in [2.24, 2.45) is 7.05 Å². The highest BCUT2D eigenvalue weighted by Crippen LogP contribution is 2.34. The zero-order chi connectivity index (χ0) is 19.8. The lowest BCUT2D eigenvalue weighted by Gasteiger charge is -2.12. The van der Waals surface area contributed by atoms with Gasteiger partial charge in [0.25, 0.3) is 0 Å². The summed E-state index contributed by atoms with van der Waals surface area (Å²) in [5, 5.41) is 11.6. The molecule has 0 aliphatic heterocycles. The molecule has 0 saturated carbocycles. The number of hydrogen-bond acceptors (Lipinski definition) is 6. The van der Waals surface area contributed by atoms with Gasteiger partial charge in [-0.2, -0.15) is 18.4 Å². The number of hydrogen-bond donors (Lipinski definition) is 1. The van der Waals surface area contributed by atoms with Crippen molar-refractivity contribution in [1.82, 2.24) is 14.5 Å². The number of nitrogens with one attached hydrogen (secondary N) is 1. The van der Waals surface area contributed by atoms with Crippen LogP contribution < -0.4 is 10.2 Å². The van der Waals surface area contributed by atoms with Gasteiger partial charge in [0.05, 0.1) is 27.8 Å². The van der Waals surface area contributed by atoms with Crippen LogP contribution in [0.5, 0.6) is 0 Å². The molecule has 3 rings (SSSR count). The minimum atomic E-state index is -4.65. The Labute approximate surface area is 155 Å². The molecule has 1 aromatic carbocycles. The molecular weight excluding hydrogens is 379 g/mol. The lowest BCUT2D eigenvalue weighted by atomic mass is 10.1. The Morgan fingerprint density at radius 1 is 1.30 bits per heavy atom. The zero-order valence-electron chi connectivity index (χ0n) is 14.1. The highest BCUT2D eigenvalue weighted by molar-refractivity contribution is 7.13. The van der Waals surface area contributed by atoms with Crippen molar-refractivity contribution in [2.45, 2.75) is 13.1 Å². The van der Waals surface area contributed by atoms with Crippen LogP contribution in [-0.4, -0.2) is 14.5 Å². The average molecular weight is 391 g/mol. The maximum Gasteiger partial charge on any atom is 0.417 e. The molecule has 10 heteroatoms. The first kappa shape index (κ1) is 18.6. The van der Waals surface area contributed by atoms with Crippen molar-refractivity contribution in [3.63, 3.8) is 0 Å². The maximum atomic E-state index is 13.1. The van der Waals surface area contributed by atoms with Crippen LogP contribution in [0.4, 0.5) is 24.8 Å². The molecule has 0 amide bonds. The summed E-state index contributed by atoms with van der Waals surface area (Å²) in [4.78, 5) is 20.6. The summed E-state index contributed by atoms with van der Waals surface area (Å²) >= 11 is 1.02. The molecule has 3 aromatic rings. The molecule has 27 heavy (non-hydrogen) atoms. The molecule has 6 nitrogen and oxygen atoms in total. The van der Waals surface area contributed by atoms with Gasteiger partial charge < -0.3 is 9.88 Å². The molecule has 2 aromatic heterocycles. The Balaban J connectivity index is 1.97. The Kier molecular flexibility index (Phi) is 4.72. The minimum Gasteiger partial charge on any atom is -0.324 e. The first-order chi connectivity index (χ1) is 12.7. The summed E-state index contributed by atoms with van der Waals surface area (Å²) < 4.78 is 40.7. The first-order valence-corrected chi connectivity index (χ1v) is 8.40. The summed E-state index contributed by atoms with van der Waals surface area (Å²) in [5.74, 6) is 0.0771. The van der Waals surface area contributed by atoms with E-state index >= 15 is 0 Å². The molecule has 0 saturated heterocycles. The number of aromatic nitrogens is 3. The van der Waals surface area contributed by atoms with Crippen molar-refractivity contribution < 1.29 is 13.2 Å². The van der Waals surface area contributed by atoms with E-state index < -0.39 is 17.3 Å². The van der Waals surface area contributed by atoms with Crippen LogP contribution in [0.25, 0.3) is 10.6 Å². The quantitative estimate of drug-likeness (QED) is 0.733. The standard InChI is InChI=1S/C17H12F3N5OS/c1-9-14(27-16(26)25(9)2)13-5-6-22-15(24-13)23-11-4-3-10(8-21)12(7-11)17(18,19)20/h3-7H,1-2H3,(H,22,23,24). The molecule has 0 spiro atoms. The number of benzene rings is 1. The van der Waals surface area contributed by atoms with Gasteiger partial charge in [0, 0.05) is 24.6 Å². The summed E-state index contributed by atoms with van der Waals surface area (Å²) in [5.41, 5.74) is -0.197. The Morgan fingerprint density at radius 3 is 2.63 bits per heavy atom. The smallest absolute Gasteiger partial charge is 0.324 e. The molecule has 0 aliphatic carbocycles. The van der Waals surface area contributed by atoms with Gasteiger partial charge in [-0.25, -0.2) is 9.97 Å². The lowest BCUT2D eigenvalue weighted by Crippen LogP contribution is -2.09. The summed E-state index contributed by atoms with van der Waals surface area (Å²) in [7, 11) is 1.65. The van der Waals surface area contributed by atoms with Crippen LogP contribution >= 0.6 is 11.3 Å². The fraction of sp³-hybridized carbons (Fsp3) is 0.176. The highest BCUT2D eigenvalue weighted by atomic mass is 32.1. The molecule has 1 N–H and O–H groups in total. The van der Waals surface area contributed by atoms with Crippen molar-refractivity contribution in [1.29, 1.82) is 5.26 Å². The molecule has 2 heterocycles. The van der Waals surface area contributed by atoms with E-state index in [4.69, 9.17) is 5.26 Å². The molecule has 0 unspecified atom stereocenters. The van der Waals surface area contributed by atoms with Gasteiger partial charge in [0.1, 0.15) is 0 Å². The molecular formula is C17H12F3N5OS. The maximum absolute atomic E-state index is 13.1.